The summed E-state index contributed by atoms with van der Waals surface area (Å²) in [6.45, 7) is 0. The summed E-state index contributed by atoms with van der Waals surface area (Å²) in [5.74, 6) is 0.734. The van der Waals surface area contributed by atoms with Gasteiger partial charge in [-0.15, -0.1) is 22.7 Å². The van der Waals surface area contributed by atoms with E-state index in [-0.39, 0.29) is 0 Å². The summed E-state index contributed by atoms with van der Waals surface area (Å²) in [6, 6.07) is 60.8. The average molecular weight is 673 g/mol. The Kier molecular flexibility index (Phi) is 6.90. The molecule has 7 aromatic carbocycles. The van der Waals surface area contributed by atoms with E-state index in [1.54, 1.807) is 11.3 Å². The van der Waals surface area contributed by atoms with E-state index >= 15 is 0 Å². The largest absolute Gasteiger partial charge is 0.226 e. The molecular formula is C46H28N2S2. The van der Waals surface area contributed by atoms with Gasteiger partial charge in [-0.1, -0.05) is 140 Å². The second-order valence-corrected chi connectivity index (χ2v) is 14.7. The van der Waals surface area contributed by atoms with E-state index in [1.807, 2.05) is 11.3 Å². The molecule has 0 atom stereocenters. The van der Waals surface area contributed by atoms with Crippen LogP contribution in [0, 0.1) is 0 Å². The zero-order chi connectivity index (χ0) is 33.0. The predicted molar refractivity (Wildman–Crippen MR) is 215 cm³/mol. The van der Waals surface area contributed by atoms with E-state index in [2.05, 4.69) is 170 Å². The number of aromatic nitrogens is 2. The molecule has 0 N–H and O–H groups in total. The van der Waals surface area contributed by atoms with Gasteiger partial charge in [0.05, 0.1) is 15.9 Å². The van der Waals surface area contributed by atoms with Gasteiger partial charge in [-0.05, 0) is 63.7 Å². The Hall–Kier alpha value is -5.94. The summed E-state index contributed by atoms with van der Waals surface area (Å²) >= 11 is 3.64. The molecule has 234 valence electrons. The predicted octanol–water partition coefficient (Wildman–Crippen LogP) is 13.5. The zero-order valence-electron chi connectivity index (χ0n) is 26.9. The fraction of sp³-hybridized carbons (Fsp3) is 0. The van der Waals surface area contributed by atoms with Crippen LogP contribution in [0.2, 0.25) is 0 Å². The quantitative estimate of drug-likeness (QED) is 0.182. The SMILES string of the molecule is c1ccc(-c2cccc(-c3nc(-c4cccc(-c5cccc(-c6cccc7c6sc6ccccc67)c5)c4)c4sc5ccccc5c4n3)c2)cc1. The molecule has 0 saturated carbocycles. The summed E-state index contributed by atoms with van der Waals surface area (Å²) < 4.78 is 4.97. The Bertz CT molecular complexity index is 2880. The summed E-state index contributed by atoms with van der Waals surface area (Å²) in [5, 5.41) is 3.80. The van der Waals surface area contributed by atoms with Crippen molar-refractivity contribution in [3.05, 3.63) is 170 Å². The third-order valence-corrected chi connectivity index (χ3v) is 11.9. The van der Waals surface area contributed by atoms with Gasteiger partial charge in [0.25, 0.3) is 0 Å². The summed E-state index contributed by atoms with van der Waals surface area (Å²) in [5.41, 5.74) is 11.2. The van der Waals surface area contributed by atoms with Crippen molar-refractivity contribution in [1.82, 2.24) is 9.97 Å². The summed E-state index contributed by atoms with van der Waals surface area (Å²) in [6.07, 6.45) is 0. The van der Waals surface area contributed by atoms with Crippen molar-refractivity contribution in [1.29, 1.82) is 0 Å². The highest BCUT2D eigenvalue weighted by Gasteiger charge is 2.18. The summed E-state index contributed by atoms with van der Waals surface area (Å²) in [4.78, 5) is 10.5. The molecule has 10 rings (SSSR count). The Balaban J connectivity index is 1.11. The molecule has 4 heteroatoms. The Morgan fingerprint density at radius 2 is 0.860 bits per heavy atom. The van der Waals surface area contributed by atoms with E-state index in [0.29, 0.717) is 0 Å². The molecule has 0 fully saturated rings. The molecule has 3 aromatic heterocycles. The molecule has 0 amide bonds. The average Bonchev–Trinajstić information content (AvgIpc) is 3.77. The molecule has 0 saturated heterocycles. The molecule has 0 spiro atoms. The standard InChI is InChI=1S/C46H28N2S2/c1-2-12-29(13-3-1)30-14-10-19-35(28-30)46-47-42(45-43(48-46)39-21-5-7-25-41(39)50-45)34-18-9-16-32(27-34)31-15-8-17-33(26-31)36-22-11-23-38-37-20-4-6-24-40(37)49-44(36)38/h1-28H. The Morgan fingerprint density at radius 3 is 1.66 bits per heavy atom. The molecule has 0 unspecified atom stereocenters. The van der Waals surface area contributed by atoms with Crippen molar-refractivity contribution >= 4 is 63.1 Å². The molecule has 0 aliphatic carbocycles. The van der Waals surface area contributed by atoms with Gasteiger partial charge >= 0.3 is 0 Å². The van der Waals surface area contributed by atoms with Gasteiger partial charge in [-0.3, -0.25) is 0 Å². The van der Waals surface area contributed by atoms with E-state index in [0.717, 1.165) is 49.4 Å². The highest BCUT2D eigenvalue weighted by molar-refractivity contribution is 7.26. The van der Waals surface area contributed by atoms with Crippen LogP contribution in [-0.4, -0.2) is 9.97 Å². The molecule has 0 aliphatic heterocycles. The molecule has 2 nitrogen and oxygen atoms in total. The van der Waals surface area contributed by atoms with Gasteiger partial charge in [-0.2, -0.15) is 0 Å². The third kappa shape index (κ3) is 4.92. The first-order valence-corrected chi connectivity index (χ1v) is 18.4. The van der Waals surface area contributed by atoms with Gasteiger partial charge in [0.2, 0.25) is 0 Å². The zero-order valence-corrected chi connectivity index (χ0v) is 28.5. The second-order valence-electron chi connectivity index (χ2n) is 12.6. The number of rotatable bonds is 5. The maximum Gasteiger partial charge on any atom is 0.160 e. The lowest BCUT2D eigenvalue weighted by Crippen LogP contribution is -1.94. The van der Waals surface area contributed by atoms with Gasteiger partial charge < -0.3 is 0 Å². The van der Waals surface area contributed by atoms with Crippen molar-refractivity contribution in [3.8, 4) is 56.0 Å². The molecule has 0 bridgehead atoms. The molecule has 50 heavy (non-hydrogen) atoms. The van der Waals surface area contributed by atoms with Gasteiger partial charge in [0.15, 0.2) is 5.82 Å². The number of nitrogens with zero attached hydrogens (tertiary/aromatic N) is 2. The summed E-state index contributed by atoms with van der Waals surface area (Å²) in [7, 11) is 0. The van der Waals surface area contributed by atoms with E-state index < -0.39 is 0 Å². The minimum Gasteiger partial charge on any atom is -0.226 e. The van der Waals surface area contributed by atoms with E-state index in [4.69, 9.17) is 9.97 Å². The smallest absolute Gasteiger partial charge is 0.160 e. The number of thiophene rings is 2. The van der Waals surface area contributed by atoms with Crippen molar-refractivity contribution in [2.45, 2.75) is 0 Å². The van der Waals surface area contributed by atoms with E-state index in [1.165, 1.54) is 47.1 Å². The van der Waals surface area contributed by atoms with Crippen LogP contribution < -0.4 is 0 Å². The molecule has 3 heterocycles. The Labute approximate surface area is 297 Å². The van der Waals surface area contributed by atoms with Crippen LogP contribution in [0.3, 0.4) is 0 Å². The minimum atomic E-state index is 0.734. The van der Waals surface area contributed by atoms with Crippen LogP contribution in [0.5, 0.6) is 0 Å². The van der Waals surface area contributed by atoms with Crippen molar-refractivity contribution in [2.75, 3.05) is 0 Å². The fourth-order valence-corrected chi connectivity index (χ4v) is 9.46. The van der Waals surface area contributed by atoms with Crippen LogP contribution in [-0.2, 0) is 0 Å². The fourth-order valence-electron chi connectivity index (χ4n) is 7.07. The first-order valence-electron chi connectivity index (χ1n) is 16.7. The second kappa shape index (κ2) is 11.9. The van der Waals surface area contributed by atoms with Gasteiger partial charge in [0, 0.05) is 41.4 Å². The van der Waals surface area contributed by atoms with Crippen molar-refractivity contribution < 1.29 is 0 Å². The number of benzene rings is 7. The molecule has 10 aromatic rings. The lowest BCUT2D eigenvalue weighted by molar-refractivity contribution is 1.24. The lowest BCUT2D eigenvalue weighted by Gasteiger charge is -2.11. The molecular weight excluding hydrogens is 645 g/mol. The number of fused-ring (bicyclic) bond motifs is 6. The van der Waals surface area contributed by atoms with Gasteiger partial charge in [0.1, 0.15) is 0 Å². The van der Waals surface area contributed by atoms with Crippen molar-refractivity contribution in [2.24, 2.45) is 0 Å². The van der Waals surface area contributed by atoms with Crippen LogP contribution in [0.15, 0.2) is 170 Å². The highest BCUT2D eigenvalue weighted by Crippen LogP contribution is 2.42. The van der Waals surface area contributed by atoms with Crippen LogP contribution >= 0.6 is 22.7 Å². The van der Waals surface area contributed by atoms with E-state index in [9.17, 15) is 0 Å². The van der Waals surface area contributed by atoms with Gasteiger partial charge in [-0.25, -0.2) is 9.97 Å². The monoisotopic (exact) mass is 672 g/mol. The minimum absolute atomic E-state index is 0.734. The lowest BCUT2D eigenvalue weighted by atomic mass is 9.96. The first-order chi connectivity index (χ1) is 24.8. The Morgan fingerprint density at radius 1 is 0.340 bits per heavy atom. The number of hydrogen-bond acceptors (Lipinski definition) is 4. The van der Waals surface area contributed by atoms with Crippen LogP contribution in [0.1, 0.15) is 0 Å². The van der Waals surface area contributed by atoms with Crippen LogP contribution in [0.4, 0.5) is 0 Å². The van der Waals surface area contributed by atoms with Crippen molar-refractivity contribution in [3.63, 3.8) is 0 Å². The first kappa shape index (κ1) is 29.0. The molecule has 0 aliphatic rings. The maximum atomic E-state index is 5.33. The normalized spacial score (nSPS) is 11.6. The number of hydrogen-bond donors (Lipinski definition) is 0. The van der Waals surface area contributed by atoms with Crippen LogP contribution in [0.25, 0.3) is 96.5 Å². The molecule has 0 radical (unpaired) electrons. The maximum absolute atomic E-state index is 5.33. The highest BCUT2D eigenvalue weighted by atomic mass is 32.1. The topological polar surface area (TPSA) is 25.8 Å². The third-order valence-electron chi connectivity index (χ3n) is 9.49.